The summed E-state index contributed by atoms with van der Waals surface area (Å²) in [5, 5.41) is 20.1. The van der Waals surface area contributed by atoms with Crippen LogP contribution in [0.4, 0.5) is 0 Å². The average molecular weight is 391 g/mol. The van der Waals surface area contributed by atoms with E-state index in [1.54, 1.807) is 30.3 Å². The number of halogens is 2. The zero-order valence-corrected chi connectivity index (χ0v) is 15.2. The molecule has 1 unspecified atom stereocenters. The van der Waals surface area contributed by atoms with Crippen molar-refractivity contribution in [2.45, 2.75) is 18.8 Å². The van der Waals surface area contributed by atoms with Crippen molar-refractivity contribution in [3.05, 3.63) is 82.4 Å². The first-order chi connectivity index (χ1) is 12.6. The molecule has 1 aromatic heterocycles. The predicted molar refractivity (Wildman–Crippen MR) is 100 cm³/mol. The third kappa shape index (κ3) is 4.60. The molecule has 1 N–H and O–H groups in total. The Morgan fingerprint density at radius 2 is 2.00 bits per heavy atom. The van der Waals surface area contributed by atoms with Gasteiger partial charge in [-0.15, -0.1) is 0 Å². The van der Waals surface area contributed by atoms with Crippen molar-refractivity contribution < 1.29 is 9.94 Å². The lowest BCUT2D eigenvalue weighted by Crippen LogP contribution is -2.33. The molecule has 3 aromatic rings. The molecule has 6 nitrogen and oxygen atoms in total. The van der Waals surface area contributed by atoms with Gasteiger partial charge in [-0.2, -0.15) is 5.10 Å². The molecule has 3 rings (SSSR count). The molecule has 0 spiro atoms. The third-order valence-corrected chi connectivity index (χ3v) is 4.31. The molecule has 0 fully saturated rings. The van der Waals surface area contributed by atoms with Crippen molar-refractivity contribution in [2.75, 3.05) is 0 Å². The molecule has 2 aromatic carbocycles. The molecule has 0 aliphatic heterocycles. The number of rotatable bonds is 7. The fourth-order valence-corrected chi connectivity index (χ4v) is 2.83. The number of nitrogens with zero attached hydrogens (tertiary/aromatic N) is 4. The molecule has 134 valence electrons. The van der Waals surface area contributed by atoms with E-state index >= 15 is 0 Å². The van der Waals surface area contributed by atoms with Crippen molar-refractivity contribution in [1.29, 1.82) is 0 Å². The smallest absolute Gasteiger partial charge is 0.147 e. The Bertz CT molecular complexity index is 872. The van der Waals surface area contributed by atoms with Crippen LogP contribution in [0.15, 0.2) is 66.3 Å². The molecule has 0 aliphatic carbocycles. The van der Waals surface area contributed by atoms with Gasteiger partial charge in [0.25, 0.3) is 0 Å². The van der Waals surface area contributed by atoms with Crippen LogP contribution in [0.5, 0.6) is 0 Å². The van der Waals surface area contributed by atoms with E-state index in [1.165, 1.54) is 23.6 Å². The highest BCUT2D eigenvalue weighted by molar-refractivity contribution is 6.35. The van der Waals surface area contributed by atoms with Gasteiger partial charge in [0.15, 0.2) is 0 Å². The molecule has 0 aliphatic rings. The van der Waals surface area contributed by atoms with Crippen LogP contribution in [0.1, 0.15) is 11.1 Å². The molecule has 1 heterocycles. The van der Waals surface area contributed by atoms with E-state index in [9.17, 15) is 5.11 Å². The zero-order chi connectivity index (χ0) is 18.4. The van der Waals surface area contributed by atoms with Gasteiger partial charge < -0.3 is 9.94 Å². The van der Waals surface area contributed by atoms with Gasteiger partial charge in [0, 0.05) is 15.6 Å². The summed E-state index contributed by atoms with van der Waals surface area (Å²) in [4.78, 5) is 9.21. The van der Waals surface area contributed by atoms with Crippen LogP contribution in [0.25, 0.3) is 0 Å². The monoisotopic (exact) mass is 390 g/mol. The van der Waals surface area contributed by atoms with Gasteiger partial charge in [-0.05, 0) is 17.7 Å². The molecule has 0 radical (unpaired) electrons. The maximum atomic E-state index is 11.1. The van der Waals surface area contributed by atoms with Gasteiger partial charge in [0.2, 0.25) is 0 Å². The van der Waals surface area contributed by atoms with Gasteiger partial charge >= 0.3 is 0 Å². The first-order valence-corrected chi connectivity index (χ1v) is 8.53. The fourth-order valence-electron chi connectivity index (χ4n) is 2.36. The van der Waals surface area contributed by atoms with Crippen molar-refractivity contribution in [3.8, 4) is 0 Å². The van der Waals surface area contributed by atoms with Crippen LogP contribution < -0.4 is 0 Å². The number of hydrogen-bond acceptors (Lipinski definition) is 5. The Labute approximate surface area is 160 Å². The van der Waals surface area contributed by atoms with E-state index < -0.39 is 5.60 Å². The van der Waals surface area contributed by atoms with Gasteiger partial charge in [-0.1, -0.05) is 64.8 Å². The second-order valence-electron chi connectivity index (χ2n) is 5.63. The standard InChI is InChI=1S/C18H16Cl2N4O2/c19-16-7-6-14(17(20)8-16)9-26-23-10-18(25,11-24-13-21-12-22-24)15-4-2-1-3-5-15/h1-8,10,12-13,25H,9,11H2. The second kappa shape index (κ2) is 8.31. The van der Waals surface area contributed by atoms with Crippen LogP contribution in [-0.2, 0) is 23.6 Å². The highest BCUT2D eigenvalue weighted by atomic mass is 35.5. The third-order valence-electron chi connectivity index (χ3n) is 3.72. The van der Waals surface area contributed by atoms with Crippen molar-refractivity contribution >= 4 is 29.4 Å². The van der Waals surface area contributed by atoms with E-state index in [-0.39, 0.29) is 13.2 Å². The summed E-state index contributed by atoms with van der Waals surface area (Å²) in [6, 6.07) is 14.3. The Balaban J connectivity index is 1.74. The topological polar surface area (TPSA) is 72.5 Å². The highest BCUT2D eigenvalue weighted by Gasteiger charge is 2.28. The van der Waals surface area contributed by atoms with Crippen LogP contribution in [-0.4, -0.2) is 26.1 Å². The van der Waals surface area contributed by atoms with E-state index in [2.05, 4.69) is 15.2 Å². The molecular formula is C18H16Cl2N4O2. The van der Waals surface area contributed by atoms with Gasteiger partial charge in [0.1, 0.15) is 24.9 Å². The van der Waals surface area contributed by atoms with Crippen molar-refractivity contribution in [3.63, 3.8) is 0 Å². The molecular weight excluding hydrogens is 375 g/mol. The molecule has 0 saturated heterocycles. The zero-order valence-electron chi connectivity index (χ0n) is 13.7. The number of oxime groups is 1. The van der Waals surface area contributed by atoms with E-state index in [0.29, 0.717) is 15.6 Å². The number of hydrogen-bond donors (Lipinski definition) is 1. The van der Waals surface area contributed by atoms with E-state index in [1.807, 2.05) is 18.2 Å². The number of aliphatic hydroxyl groups is 1. The first-order valence-electron chi connectivity index (χ1n) is 7.77. The minimum absolute atomic E-state index is 0.144. The largest absolute Gasteiger partial charge is 0.391 e. The van der Waals surface area contributed by atoms with Crippen LogP contribution in [0.3, 0.4) is 0 Å². The Morgan fingerprint density at radius 1 is 1.19 bits per heavy atom. The minimum atomic E-state index is -1.40. The summed E-state index contributed by atoms with van der Waals surface area (Å²) < 4.78 is 1.52. The summed E-state index contributed by atoms with van der Waals surface area (Å²) >= 11 is 12.0. The van der Waals surface area contributed by atoms with Crippen LogP contribution >= 0.6 is 23.2 Å². The van der Waals surface area contributed by atoms with Crippen LogP contribution in [0, 0.1) is 0 Å². The summed E-state index contributed by atoms with van der Waals surface area (Å²) in [5.74, 6) is 0. The quantitative estimate of drug-likeness (QED) is 0.493. The number of aromatic nitrogens is 3. The van der Waals surface area contributed by atoms with E-state index in [4.69, 9.17) is 28.0 Å². The summed E-state index contributed by atoms with van der Waals surface area (Å²) in [5.41, 5.74) is -0.00113. The van der Waals surface area contributed by atoms with Crippen LogP contribution in [0.2, 0.25) is 10.0 Å². The maximum Gasteiger partial charge on any atom is 0.147 e. The normalized spacial score (nSPS) is 13.7. The Morgan fingerprint density at radius 3 is 2.69 bits per heavy atom. The second-order valence-corrected chi connectivity index (χ2v) is 6.47. The summed E-state index contributed by atoms with van der Waals surface area (Å²) in [6.07, 6.45) is 4.27. The lowest BCUT2D eigenvalue weighted by Gasteiger charge is -2.23. The lowest BCUT2D eigenvalue weighted by molar-refractivity contribution is 0.0781. The molecule has 1 atom stereocenters. The van der Waals surface area contributed by atoms with Crippen molar-refractivity contribution in [2.24, 2.45) is 5.16 Å². The SMILES string of the molecule is OC(C=NOCc1ccc(Cl)cc1Cl)(Cn1cncn1)c1ccccc1. The lowest BCUT2D eigenvalue weighted by atomic mass is 9.95. The van der Waals surface area contributed by atoms with Crippen molar-refractivity contribution in [1.82, 2.24) is 14.8 Å². The highest BCUT2D eigenvalue weighted by Crippen LogP contribution is 2.23. The molecule has 0 bridgehead atoms. The van der Waals surface area contributed by atoms with Gasteiger partial charge in [0.05, 0.1) is 12.8 Å². The Kier molecular flexibility index (Phi) is 5.88. The summed E-state index contributed by atoms with van der Waals surface area (Å²) in [6.45, 7) is 0.298. The molecule has 8 heteroatoms. The summed E-state index contributed by atoms with van der Waals surface area (Å²) in [7, 11) is 0. The average Bonchev–Trinajstić information content (AvgIpc) is 3.14. The molecule has 0 saturated carbocycles. The van der Waals surface area contributed by atoms with Gasteiger partial charge in [-0.25, -0.2) is 9.67 Å². The number of benzene rings is 2. The maximum absolute atomic E-state index is 11.1. The van der Waals surface area contributed by atoms with E-state index in [0.717, 1.165) is 5.56 Å². The fraction of sp³-hybridized carbons (Fsp3) is 0.167. The molecule has 26 heavy (non-hydrogen) atoms. The first kappa shape index (κ1) is 18.4. The predicted octanol–water partition coefficient (Wildman–Crippen LogP) is 3.68. The minimum Gasteiger partial charge on any atom is -0.391 e. The Hall–Kier alpha value is -2.41. The molecule has 0 amide bonds. The van der Waals surface area contributed by atoms with Gasteiger partial charge in [-0.3, -0.25) is 0 Å².